The van der Waals surface area contributed by atoms with Crippen molar-refractivity contribution in [1.29, 1.82) is 0 Å². The average Bonchev–Trinajstić information content (AvgIpc) is 2.63. The van der Waals surface area contributed by atoms with Gasteiger partial charge >= 0.3 is 30.1 Å². The van der Waals surface area contributed by atoms with Crippen molar-refractivity contribution in [3.05, 3.63) is 0 Å². The van der Waals surface area contributed by atoms with E-state index in [4.69, 9.17) is 0 Å². The molecule has 1 fully saturated rings. The molecular formula is C7H3F9O3. The second-order valence-corrected chi connectivity index (χ2v) is 3.44. The van der Waals surface area contributed by atoms with Crippen molar-refractivity contribution < 1.29 is 53.8 Å². The van der Waals surface area contributed by atoms with Crippen molar-refractivity contribution in [2.24, 2.45) is 0 Å². The smallest absolute Gasteiger partial charge is 0.430 e. The maximum absolute atomic E-state index is 13.0. The fourth-order valence-corrected chi connectivity index (χ4v) is 1.10. The normalized spacial score (nSPS) is 22.2. The van der Waals surface area contributed by atoms with E-state index in [1.807, 2.05) is 0 Å². The molecule has 0 aromatic carbocycles. The molecule has 3 nitrogen and oxygen atoms in total. The van der Waals surface area contributed by atoms with Gasteiger partial charge in [0.2, 0.25) is 6.10 Å². The van der Waals surface area contributed by atoms with Crippen molar-refractivity contribution in [3.8, 4) is 0 Å². The lowest BCUT2D eigenvalue weighted by atomic mass is 9.99. The Balaban J connectivity index is 3.14. The van der Waals surface area contributed by atoms with Crippen molar-refractivity contribution in [2.75, 3.05) is 6.61 Å². The fourth-order valence-electron chi connectivity index (χ4n) is 1.10. The topological polar surface area (TPSA) is 35.5 Å². The van der Waals surface area contributed by atoms with Gasteiger partial charge in [-0.2, -0.15) is 39.5 Å². The quantitative estimate of drug-likeness (QED) is 0.594. The highest BCUT2D eigenvalue weighted by atomic mass is 19.4. The molecule has 1 aliphatic rings. The molecule has 19 heavy (non-hydrogen) atoms. The molecule has 0 amide bonds. The molecule has 12 heteroatoms. The monoisotopic (exact) mass is 306 g/mol. The van der Waals surface area contributed by atoms with E-state index in [0.29, 0.717) is 0 Å². The van der Waals surface area contributed by atoms with Crippen LogP contribution < -0.4 is 0 Å². The zero-order valence-corrected chi connectivity index (χ0v) is 8.41. The first-order valence-corrected chi connectivity index (χ1v) is 4.28. The van der Waals surface area contributed by atoms with Crippen molar-refractivity contribution >= 4 is 6.16 Å². The summed E-state index contributed by atoms with van der Waals surface area (Å²) < 4.78 is 119. The fraction of sp³-hybridized carbons (Fsp3) is 0.857. The van der Waals surface area contributed by atoms with Crippen LogP contribution in [0.25, 0.3) is 0 Å². The Kier molecular flexibility index (Phi) is 3.36. The van der Waals surface area contributed by atoms with E-state index in [1.54, 1.807) is 0 Å². The number of cyclic esters (lactones) is 2. The predicted octanol–water partition coefficient (Wildman–Crippen LogP) is 2.99. The number of carbonyl (C=O) groups is 1. The summed E-state index contributed by atoms with van der Waals surface area (Å²) in [5.74, 6) is -19.8. The van der Waals surface area contributed by atoms with Crippen LogP contribution >= 0.6 is 0 Å². The Morgan fingerprint density at radius 2 is 1.37 bits per heavy atom. The van der Waals surface area contributed by atoms with E-state index in [-0.39, 0.29) is 0 Å². The van der Waals surface area contributed by atoms with E-state index >= 15 is 0 Å². The van der Waals surface area contributed by atoms with Gasteiger partial charge in [-0.25, -0.2) is 4.79 Å². The first kappa shape index (κ1) is 15.7. The molecule has 0 aromatic heterocycles. The molecule has 1 aliphatic heterocycles. The second kappa shape index (κ2) is 4.07. The van der Waals surface area contributed by atoms with E-state index in [2.05, 4.69) is 9.47 Å². The van der Waals surface area contributed by atoms with Gasteiger partial charge in [-0.1, -0.05) is 0 Å². The van der Waals surface area contributed by atoms with E-state index in [9.17, 15) is 44.3 Å². The molecule has 0 saturated carbocycles. The molecule has 0 aromatic rings. The molecule has 1 atom stereocenters. The number of ether oxygens (including phenoxy) is 2. The number of carbonyl (C=O) groups excluding carboxylic acids is 1. The summed E-state index contributed by atoms with van der Waals surface area (Å²) in [6, 6.07) is 0. The Hall–Kier alpha value is -1.36. The van der Waals surface area contributed by atoms with Crippen LogP contribution in [-0.2, 0) is 9.47 Å². The van der Waals surface area contributed by atoms with E-state index < -0.39 is 42.8 Å². The van der Waals surface area contributed by atoms with Crippen molar-refractivity contribution in [3.63, 3.8) is 0 Å². The van der Waals surface area contributed by atoms with Gasteiger partial charge < -0.3 is 9.47 Å². The molecule has 1 saturated heterocycles. The minimum Gasteiger partial charge on any atom is -0.430 e. The lowest BCUT2D eigenvalue weighted by Crippen LogP contribution is -2.64. The lowest BCUT2D eigenvalue weighted by Gasteiger charge is -2.34. The van der Waals surface area contributed by atoms with Crippen LogP contribution in [0.2, 0.25) is 0 Å². The highest BCUT2D eigenvalue weighted by molar-refractivity contribution is 5.62. The Morgan fingerprint density at radius 3 is 1.68 bits per heavy atom. The van der Waals surface area contributed by atoms with Gasteiger partial charge in [0.05, 0.1) is 0 Å². The third-order valence-electron chi connectivity index (χ3n) is 2.16. The summed E-state index contributed by atoms with van der Waals surface area (Å²) in [6.45, 7) is -1.57. The van der Waals surface area contributed by atoms with Crippen molar-refractivity contribution in [1.82, 2.24) is 0 Å². The summed E-state index contributed by atoms with van der Waals surface area (Å²) in [5, 5.41) is 0. The van der Waals surface area contributed by atoms with Gasteiger partial charge in [0.25, 0.3) is 0 Å². The number of hydrogen-bond donors (Lipinski definition) is 0. The van der Waals surface area contributed by atoms with E-state index in [0.717, 1.165) is 0 Å². The average molecular weight is 306 g/mol. The number of hydrogen-bond acceptors (Lipinski definition) is 3. The minimum atomic E-state index is -7.02. The predicted molar refractivity (Wildman–Crippen MR) is 37.1 cm³/mol. The van der Waals surface area contributed by atoms with Gasteiger partial charge in [-0.15, -0.1) is 0 Å². The molecule has 112 valence electrons. The molecule has 0 bridgehead atoms. The lowest BCUT2D eigenvalue weighted by molar-refractivity contribution is -0.404. The molecule has 0 radical (unpaired) electrons. The van der Waals surface area contributed by atoms with Gasteiger partial charge in [-0.05, 0) is 0 Å². The highest BCUT2D eigenvalue weighted by Crippen LogP contribution is 2.54. The Labute approximate surface area is 97.8 Å². The molecule has 0 N–H and O–H groups in total. The van der Waals surface area contributed by atoms with Gasteiger partial charge in [-0.3, -0.25) is 0 Å². The Morgan fingerprint density at radius 1 is 0.895 bits per heavy atom. The SMILES string of the molecule is O=C1OCC(C(F)(F)C(F)(F)C(F)(F)C(F)(F)F)O1. The van der Waals surface area contributed by atoms with Crippen LogP contribution in [-0.4, -0.2) is 42.8 Å². The van der Waals surface area contributed by atoms with Crippen LogP contribution in [0.3, 0.4) is 0 Å². The third-order valence-corrected chi connectivity index (χ3v) is 2.16. The number of rotatable bonds is 3. The summed E-state index contributed by atoms with van der Waals surface area (Å²) in [5.41, 5.74) is 0. The van der Waals surface area contributed by atoms with Crippen LogP contribution in [0.1, 0.15) is 0 Å². The van der Waals surface area contributed by atoms with Crippen LogP contribution in [0, 0.1) is 0 Å². The van der Waals surface area contributed by atoms with Crippen LogP contribution in [0.5, 0.6) is 0 Å². The minimum absolute atomic E-state index is 1.57. The van der Waals surface area contributed by atoms with Crippen LogP contribution in [0.4, 0.5) is 44.3 Å². The zero-order chi connectivity index (χ0) is 15.3. The van der Waals surface area contributed by atoms with Gasteiger partial charge in [0.1, 0.15) is 6.61 Å². The summed E-state index contributed by atoms with van der Waals surface area (Å²) in [7, 11) is 0. The first-order chi connectivity index (χ1) is 8.25. The molecule has 1 rings (SSSR count). The van der Waals surface area contributed by atoms with Crippen molar-refractivity contribution in [2.45, 2.75) is 30.0 Å². The summed E-state index contributed by atoms with van der Waals surface area (Å²) in [4.78, 5) is 10.2. The van der Waals surface area contributed by atoms with Crippen LogP contribution in [0.15, 0.2) is 0 Å². The van der Waals surface area contributed by atoms with Gasteiger partial charge in [0.15, 0.2) is 0 Å². The Bertz CT molecular complexity index is 374. The largest absolute Gasteiger partial charge is 0.509 e. The maximum atomic E-state index is 13.0. The van der Waals surface area contributed by atoms with E-state index in [1.165, 1.54) is 0 Å². The molecule has 0 aliphatic carbocycles. The molecular weight excluding hydrogens is 303 g/mol. The first-order valence-electron chi connectivity index (χ1n) is 4.28. The summed E-state index contributed by atoms with van der Waals surface area (Å²) >= 11 is 0. The van der Waals surface area contributed by atoms with Gasteiger partial charge in [0, 0.05) is 0 Å². The second-order valence-electron chi connectivity index (χ2n) is 3.44. The highest BCUT2D eigenvalue weighted by Gasteiger charge is 2.84. The zero-order valence-electron chi connectivity index (χ0n) is 8.41. The number of halogens is 9. The maximum Gasteiger partial charge on any atom is 0.509 e. The standard InChI is InChI=1S/C7H3F9O3/c8-4(9,2-1-18-3(17)19-2)5(10,11)6(12,13)7(14,15)16/h2H,1H2. The third kappa shape index (κ3) is 2.16. The number of alkyl halides is 9. The molecule has 1 heterocycles. The molecule has 1 unspecified atom stereocenters. The summed E-state index contributed by atoms with van der Waals surface area (Å²) in [6.07, 6.45) is -12.0. The molecule has 0 spiro atoms.